The Morgan fingerprint density at radius 1 is 1.53 bits per heavy atom. The van der Waals surface area contributed by atoms with Crippen molar-refractivity contribution in [2.24, 2.45) is 5.92 Å². The van der Waals surface area contributed by atoms with Gasteiger partial charge in [0, 0.05) is 31.1 Å². The Bertz CT molecular complexity index is 299. The van der Waals surface area contributed by atoms with E-state index in [1.807, 2.05) is 0 Å². The molecule has 1 aliphatic rings. The Hall–Kier alpha value is -0.680. The van der Waals surface area contributed by atoms with Gasteiger partial charge in [-0.1, -0.05) is 6.92 Å². The van der Waals surface area contributed by atoms with Gasteiger partial charge in [0.1, 0.15) is 5.82 Å². The minimum absolute atomic E-state index is 0.761. The van der Waals surface area contributed by atoms with Gasteiger partial charge in [-0.05, 0) is 18.8 Å². The lowest BCUT2D eigenvalue weighted by molar-refractivity contribution is 0.134. The summed E-state index contributed by atoms with van der Waals surface area (Å²) in [6, 6.07) is 0. The van der Waals surface area contributed by atoms with Crippen LogP contribution in [0.15, 0.2) is 0 Å². The van der Waals surface area contributed by atoms with E-state index >= 15 is 0 Å². The van der Waals surface area contributed by atoms with E-state index in [1.165, 1.54) is 24.4 Å². The number of ether oxygens (including phenoxy) is 1. The molecule has 1 aromatic rings. The first kappa shape index (κ1) is 10.8. The fourth-order valence-electron chi connectivity index (χ4n) is 1.23. The summed E-state index contributed by atoms with van der Waals surface area (Å²) >= 11 is 1.42. The summed E-state index contributed by atoms with van der Waals surface area (Å²) in [4.78, 5) is 4.31. The van der Waals surface area contributed by atoms with E-state index in [-0.39, 0.29) is 0 Å². The molecule has 4 nitrogen and oxygen atoms in total. The highest BCUT2D eigenvalue weighted by Crippen LogP contribution is 2.28. The first-order valence-electron chi connectivity index (χ1n) is 5.52. The lowest BCUT2D eigenvalue weighted by atomic mass is 10.5. The van der Waals surface area contributed by atoms with Crippen molar-refractivity contribution in [1.82, 2.24) is 9.36 Å². The summed E-state index contributed by atoms with van der Waals surface area (Å²) in [5.74, 6) is 1.76. The molecule has 1 aliphatic carbocycles. The molecule has 1 heterocycles. The third kappa shape index (κ3) is 3.76. The number of aromatic nitrogens is 2. The maximum atomic E-state index is 5.51. The summed E-state index contributed by atoms with van der Waals surface area (Å²) in [5, 5.41) is 4.12. The van der Waals surface area contributed by atoms with E-state index in [1.54, 1.807) is 0 Å². The van der Waals surface area contributed by atoms with Crippen LogP contribution in [0.3, 0.4) is 0 Å². The van der Waals surface area contributed by atoms with Crippen molar-refractivity contribution in [2.75, 3.05) is 25.1 Å². The molecule has 84 valence electrons. The summed E-state index contributed by atoms with van der Waals surface area (Å²) in [5.41, 5.74) is 0. The molecule has 0 amide bonds. The smallest absolute Gasteiger partial charge is 0.202 e. The number of nitrogens with zero attached hydrogens (tertiary/aromatic N) is 2. The van der Waals surface area contributed by atoms with E-state index in [0.717, 1.165) is 43.1 Å². The number of anilines is 1. The second-order valence-electron chi connectivity index (χ2n) is 3.81. The van der Waals surface area contributed by atoms with Crippen molar-refractivity contribution >= 4 is 16.7 Å². The maximum absolute atomic E-state index is 5.51. The van der Waals surface area contributed by atoms with Gasteiger partial charge in [-0.2, -0.15) is 4.37 Å². The number of aryl methyl sites for hydroxylation is 1. The Morgan fingerprint density at radius 3 is 3.07 bits per heavy atom. The van der Waals surface area contributed by atoms with Gasteiger partial charge >= 0.3 is 0 Å². The molecule has 5 heteroatoms. The number of hydrogen-bond acceptors (Lipinski definition) is 5. The van der Waals surface area contributed by atoms with Crippen LogP contribution in [0.5, 0.6) is 0 Å². The van der Waals surface area contributed by atoms with E-state index in [4.69, 9.17) is 4.74 Å². The van der Waals surface area contributed by atoms with Crippen LogP contribution in [0.1, 0.15) is 25.6 Å². The maximum Gasteiger partial charge on any atom is 0.202 e. The second-order valence-corrected chi connectivity index (χ2v) is 4.57. The molecule has 0 radical (unpaired) electrons. The van der Waals surface area contributed by atoms with Crippen LogP contribution in [-0.4, -0.2) is 29.1 Å². The third-order valence-electron chi connectivity index (χ3n) is 2.36. The Balaban J connectivity index is 1.56. The lowest BCUT2D eigenvalue weighted by Crippen LogP contribution is -2.10. The molecular weight excluding hydrogens is 210 g/mol. The molecule has 2 rings (SSSR count). The number of nitrogens with one attached hydrogen (secondary N) is 1. The summed E-state index contributed by atoms with van der Waals surface area (Å²) in [6.07, 6.45) is 3.60. The monoisotopic (exact) mass is 227 g/mol. The van der Waals surface area contributed by atoms with Crippen LogP contribution < -0.4 is 5.32 Å². The number of hydrogen-bond donors (Lipinski definition) is 1. The highest BCUT2D eigenvalue weighted by molar-refractivity contribution is 7.09. The molecule has 1 saturated carbocycles. The average molecular weight is 227 g/mol. The molecule has 0 spiro atoms. The van der Waals surface area contributed by atoms with E-state index < -0.39 is 0 Å². The normalized spacial score (nSPS) is 15.5. The first-order chi connectivity index (χ1) is 7.38. The zero-order valence-corrected chi connectivity index (χ0v) is 9.85. The van der Waals surface area contributed by atoms with Crippen LogP contribution in [-0.2, 0) is 11.2 Å². The fourth-order valence-corrected chi connectivity index (χ4v) is 1.91. The molecule has 0 aliphatic heterocycles. The lowest BCUT2D eigenvalue weighted by Gasteiger charge is -2.03. The number of rotatable bonds is 7. The third-order valence-corrected chi connectivity index (χ3v) is 3.07. The molecule has 0 saturated heterocycles. The highest BCUT2D eigenvalue weighted by atomic mass is 32.1. The zero-order chi connectivity index (χ0) is 10.5. The Morgan fingerprint density at radius 2 is 2.40 bits per heavy atom. The van der Waals surface area contributed by atoms with Crippen molar-refractivity contribution in [1.29, 1.82) is 0 Å². The van der Waals surface area contributed by atoms with Gasteiger partial charge in [-0.25, -0.2) is 4.98 Å². The van der Waals surface area contributed by atoms with Gasteiger partial charge in [0.2, 0.25) is 5.13 Å². The largest absolute Gasteiger partial charge is 0.379 e. The van der Waals surface area contributed by atoms with Crippen molar-refractivity contribution in [2.45, 2.75) is 26.2 Å². The minimum Gasteiger partial charge on any atom is -0.379 e. The van der Waals surface area contributed by atoms with Crippen molar-refractivity contribution in [3.05, 3.63) is 5.82 Å². The molecule has 0 atom stereocenters. The zero-order valence-electron chi connectivity index (χ0n) is 9.03. The second kappa shape index (κ2) is 5.42. The standard InChI is InChI=1S/C10H17N3OS/c1-2-9-12-10(15-13-9)11-5-6-14-7-8-3-4-8/h8H,2-7H2,1H3,(H,11,12,13). The van der Waals surface area contributed by atoms with Crippen LogP contribution in [0.25, 0.3) is 0 Å². The fraction of sp³-hybridized carbons (Fsp3) is 0.800. The molecule has 0 unspecified atom stereocenters. The average Bonchev–Trinajstić information content (AvgIpc) is 2.96. The van der Waals surface area contributed by atoms with Crippen molar-refractivity contribution in [3.8, 4) is 0 Å². The van der Waals surface area contributed by atoms with Crippen molar-refractivity contribution < 1.29 is 4.74 Å². The predicted octanol–water partition coefficient (Wildman–Crippen LogP) is 1.94. The van der Waals surface area contributed by atoms with Gasteiger partial charge in [0.05, 0.1) is 6.61 Å². The van der Waals surface area contributed by atoms with E-state index in [9.17, 15) is 0 Å². The summed E-state index contributed by atoms with van der Waals surface area (Å²) in [7, 11) is 0. The first-order valence-corrected chi connectivity index (χ1v) is 6.30. The Kier molecular flexibility index (Phi) is 3.91. The van der Waals surface area contributed by atoms with Crippen LogP contribution >= 0.6 is 11.5 Å². The van der Waals surface area contributed by atoms with Gasteiger partial charge in [-0.15, -0.1) is 0 Å². The highest BCUT2D eigenvalue weighted by Gasteiger charge is 2.20. The predicted molar refractivity (Wildman–Crippen MR) is 61.3 cm³/mol. The van der Waals surface area contributed by atoms with Gasteiger partial charge in [-0.3, -0.25) is 0 Å². The van der Waals surface area contributed by atoms with Gasteiger partial charge in [0.15, 0.2) is 0 Å². The topological polar surface area (TPSA) is 47.0 Å². The van der Waals surface area contributed by atoms with E-state index in [2.05, 4.69) is 21.6 Å². The Labute approximate surface area is 94.2 Å². The molecule has 1 fully saturated rings. The molecule has 15 heavy (non-hydrogen) atoms. The molecule has 1 aromatic heterocycles. The van der Waals surface area contributed by atoms with Crippen molar-refractivity contribution in [3.63, 3.8) is 0 Å². The van der Waals surface area contributed by atoms with Crippen LogP contribution in [0.2, 0.25) is 0 Å². The van der Waals surface area contributed by atoms with Crippen LogP contribution in [0, 0.1) is 5.92 Å². The molecular formula is C10H17N3OS. The minimum atomic E-state index is 0.761. The van der Waals surface area contributed by atoms with E-state index in [0.29, 0.717) is 0 Å². The summed E-state index contributed by atoms with van der Waals surface area (Å²) in [6.45, 7) is 4.57. The summed E-state index contributed by atoms with van der Waals surface area (Å²) < 4.78 is 9.71. The van der Waals surface area contributed by atoms with Gasteiger partial charge in [0.25, 0.3) is 0 Å². The van der Waals surface area contributed by atoms with Gasteiger partial charge < -0.3 is 10.1 Å². The van der Waals surface area contributed by atoms with Crippen LogP contribution in [0.4, 0.5) is 5.13 Å². The molecule has 1 N–H and O–H groups in total. The molecule has 0 aromatic carbocycles. The molecule has 0 bridgehead atoms. The quantitative estimate of drug-likeness (QED) is 0.723. The SMILES string of the molecule is CCc1nsc(NCCOCC2CC2)n1.